The van der Waals surface area contributed by atoms with Gasteiger partial charge < -0.3 is 5.11 Å². The first-order valence-corrected chi connectivity index (χ1v) is 3.36. The molecule has 0 aromatic carbocycles. The van der Waals surface area contributed by atoms with Crippen molar-refractivity contribution in [1.29, 1.82) is 0 Å². The molecule has 0 bridgehead atoms. The number of β-amino-alcohol motifs (C(OH)–C–C–N with tert-alkyl or cyclic N) is 1. The molecule has 0 saturated carbocycles. The van der Waals surface area contributed by atoms with Crippen LogP contribution in [0.3, 0.4) is 0 Å². The highest BCUT2D eigenvalue weighted by atomic mass is 16.3. The highest BCUT2D eigenvalue weighted by molar-refractivity contribution is 5.82. The van der Waals surface area contributed by atoms with E-state index in [9.17, 15) is 14.8 Å². The Hall–Kier alpha value is -0.970. The summed E-state index contributed by atoms with van der Waals surface area (Å²) >= 11 is 0. The van der Waals surface area contributed by atoms with E-state index < -0.39 is 5.60 Å². The fourth-order valence-electron chi connectivity index (χ4n) is 1.25. The van der Waals surface area contributed by atoms with Gasteiger partial charge in [0.15, 0.2) is 5.78 Å². The quantitative estimate of drug-likeness (QED) is 0.531. The summed E-state index contributed by atoms with van der Waals surface area (Å²) in [5.41, 5.74) is -1.09. The van der Waals surface area contributed by atoms with Gasteiger partial charge in [-0.05, 0) is 6.92 Å². The smallest absolute Gasteiger partial charge is 0.156 e. The van der Waals surface area contributed by atoms with Crippen LogP contribution in [0, 0.1) is 4.91 Å². The van der Waals surface area contributed by atoms with E-state index >= 15 is 0 Å². The molecular weight excluding hydrogens is 148 g/mol. The van der Waals surface area contributed by atoms with E-state index in [-0.39, 0.29) is 25.3 Å². The maximum Gasteiger partial charge on any atom is 0.156 e. The maximum atomic E-state index is 10.8. The van der Waals surface area contributed by atoms with Crippen LogP contribution in [-0.4, -0.2) is 34.6 Å². The molecule has 1 N–H and O–H groups in total. The normalized spacial score (nSPS) is 32.2. The van der Waals surface area contributed by atoms with E-state index in [1.54, 1.807) is 0 Å². The van der Waals surface area contributed by atoms with Crippen molar-refractivity contribution in [3.05, 3.63) is 4.91 Å². The number of Topliss-reactive ketones (excluding diaryl/α,β-unsaturated/α-hetero) is 1. The lowest BCUT2D eigenvalue weighted by Gasteiger charge is -2.31. The van der Waals surface area contributed by atoms with Gasteiger partial charge in [0.05, 0.1) is 24.0 Å². The van der Waals surface area contributed by atoms with Gasteiger partial charge >= 0.3 is 0 Å². The zero-order valence-corrected chi connectivity index (χ0v) is 6.28. The number of hydrogen-bond donors (Lipinski definition) is 1. The third kappa shape index (κ3) is 1.98. The number of hydrogen-bond acceptors (Lipinski definition) is 4. The molecule has 5 heteroatoms. The van der Waals surface area contributed by atoms with Crippen LogP contribution in [0.1, 0.15) is 13.3 Å². The molecule has 0 amide bonds. The van der Waals surface area contributed by atoms with Gasteiger partial charge in [-0.3, -0.25) is 9.80 Å². The Morgan fingerprint density at radius 1 is 1.73 bits per heavy atom. The summed E-state index contributed by atoms with van der Waals surface area (Å²) in [6.07, 6.45) is 0.110. The average Bonchev–Trinajstić information content (AvgIpc) is 1.83. The lowest BCUT2D eigenvalue weighted by Crippen LogP contribution is -2.47. The first kappa shape index (κ1) is 8.13. The second kappa shape index (κ2) is 2.58. The third-order valence-corrected chi connectivity index (χ3v) is 1.58. The number of rotatable bonds is 1. The molecule has 1 fully saturated rings. The van der Waals surface area contributed by atoms with Crippen molar-refractivity contribution in [2.75, 3.05) is 13.1 Å². The van der Waals surface area contributed by atoms with Crippen molar-refractivity contribution >= 4 is 5.78 Å². The molecule has 0 aromatic heterocycles. The van der Waals surface area contributed by atoms with Gasteiger partial charge in [-0.1, -0.05) is 0 Å². The van der Waals surface area contributed by atoms with Crippen LogP contribution in [0.2, 0.25) is 0 Å². The van der Waals surface area contributed by atoms with Gasteiger partial charge in [0.1, 0.15) is 0 Å². The minimum Gasteiger partial charge on any atom is -0.388 e. The molecular formula is C6H10N2O3. The Morgan fingerprint density at radius 3 is 2.82 bits per heavy atom. The van der Waals surface area contributed by atoms with Crippen molar-refractivity contribution in [1.82, 2.24) is 5.01 Å². The van der Waals surface area contributed by atoms with Gasteiger partial charge in [-0.2, -0.15) is 0 Å². The standard InChI is InChI=1S/C6H10N2O3/c1-6(10)2-5(9)3-8(4-6)7-11/h10H,2-4H2,1H3. The maximum absolute atomic E-state index is 10.8. The minimum atomic E-state index is -1.09. The molecule has 11 heavy (non-hydrogen) atoms. The minimum absolute atomic E-state index is 0.0274. The van der Waals surface area contributed by atoms with E-state index in [1.807, 2.05) is 0 Å². The van der Waals surface area contributed by atoms with Gasteiger partial charge in [0.2, 0.25) is 0 Å². The molecule has 1 heterocycles. The van der Waals surface area contributed by atoms with Crippen LogP contribution in [0.25, 0.3) is 0 Å². The summed E-state index contributed by atoms with van der Waals surface area (Å²) in [7, 11) is 0. The topological polar surface area (TPSA) is 70.0 Å². The van der Waals surface area contributed by atoms with Crippen molar-refractivity contribution in [3.63, 3.8) is 0 Å². The van der Waals surface area contributed by atoms with E-state index in [0.717, 1.165) is 5.01 Å². The number of carbonyl (C=O) groups excluding carboxylic acids is 1. The van der Waals surface area contributed by atoms with Crippen LogP contribution in [0.15, 0.2) is 5.29 Å². The SMILES string of the molecule is CC1(O)CC(=O)CN(N=O)C1. The Kier molecular flexibility index (Phi) is 1.90. The summed E-state index contributed by atoms with van der Waals surface area (Å²) < 4.78 is 0. The van der Waals surface area contributed by atoms with Crippen molar-refractivity contribution in [2.24, 2.45) is 5.29 Å². The van der Waals surface area contributed by atoms with Crippen LogP contribution in [0.5, 0.6) is 0 Å². The Bertz CT molecular complexity index is 190. The predicted molar refractivity (Wildman–Crippen MR) is 37.6 cm³/mol. The number of nitroso groups, excluding NO2 is 1. The number of ketones is 1. The number of aliphatic hydroxyl groups is 1. The Labute approximate surface area is 63.9 Å². The second-order valence-corrected chi connectivity index (χ2v) is 3.12. The Balaban J connectivity index is 2.65. The Morgan fingerprint density at radius 2 is 2.36 bits per heavy atom. The zero-order valence-electron chi connectivity index (χ0n) is 6.28. The molecule has 1 aliphatic rings. The monoisotopic (exact) mass is 158 g/mol. The molecule has 5 nitrogen and oxygen atoms in total. The molecule has 1 saturated heterocycles. The fourth-order valence-corrected chi connectivity index (χ4v) is 1.25. The lowest BCUT2D eigenvalue weighted by atomic mass is 9.95. The largest absolute Gasteiger partial charge is 0.388 e. The van der Waals surface area contributed by atoms with Gasteiger partial charge in [0, 0.05) is 6.42 Å². The summed E-state index contributed by atoms with van der Waals surface area (Å²) in [5, 5.41) is 13.0. The van der Waals surface area contributed by atoms with Crippen LogP contribution in [-0.2, 0) is 4.79 Å². The van der Waals surface area contributed by atoms with E-state index in [2.05, 4.69) is 5.29 Å². The molecule has 62 valence electrons. The predicted octanol–water partition coefficient (Wildman–Crippen LogP) is -0.306. The number of nitrogens with zero attached hydrogens (tertiary/aromatic N) is 2. The summed E-state index contributed by atoms with van der Waals surface area (Å²) in [4.78, 5) is 20.9. The summed E-state index contributed by atoms with van der Waals surface area (Å²) in [6, 6.07) is 0. The van der Waals surface area contributed by atoms with Gasteiger partial charge in [-0.25, -0.2) is 0 Å². The van der Waals surface area contributed by atoms with Gasteiger partial charge in [0.25, 0.3) is 0 Å². The summed E-state index contributed by atoms with van der Waals surface area (Å²) in [5.74, 6) is -0.152. The molecule has 0 aromatic rings. The number of carbonyl (C=O) groups is 1. The van der Waals surface area contributed by atoms with Crippen molar-refractivity contribution in [2.45, 2.75) is 18.9 Å². The van der Waals surface area contributed by atoms with E-state index in [1.165, 1.54) is 6.92 Å². The zero-order chi connectivity index (χ0) is 8.48. The highest BCUT2D eigenvalue weighted by Gasteiger charge is 2.33. The lowest BCUT2D eigenvalue weighted by molar-refractivity contribution is -0.131. The van der Waals surface area contributed by atoms with Crippen molar-refractivity contribution < 1.29 is 9.90 Å². The number of piperidine rings is 1. The molecule has 0 spiro atoms. The summed E-state index contributed by atoms with van der Waals surface area (Å²) in [6.45, 7) is 1.68. The van der Waals surface area contributed by atoms with Crippen LogP contribution >= 0.6 is 0 Å². The third-order valence-electron chi connectivity index (χ3n) is 1.58. The van der Waals surface area contributed by atoms with Gasteiger partial charge in [-0.15, -0.1) is 4.91 Å². The van der Waals surface area contributed by atoms with E-state index in [0.29, 0.717) is 0 Å². The van der Waals surface area contributed by atoms with Crippen LogP contribution < -0.4 is 0 Å². The fraction of sp³-hybridized carbons (Fsp3) is 0.833. The molecule has 1 unspecified atom stereocenters. The highest BCUT2D eigenvalue weighted by Crippen LogP contribution is 2.17. The van der Waals surface area contributed by atoms with Crippen LogP contribution in [0.4, 0.5) is 0 Å². The molecule has 1 rings (SSSR count). The molecule has 1 aliphatic heterocycles. The molecule has 1 atom stereocenters. The second-order valence-electron chi connectivity index (χ2n) is 3.12. The molecule has 0 radical (unpaired) electrons. The first-order valence-electron chi connectivity index (χ1n) is 3.36. The molecule has 0 aliphatic carbocycles. The van der Waals surface area contributed by atoms with E-state index in [4.69, 9.17) is 0 Å². The average molecular weight is 158 g/mol. The first-order chi connectivity index (χ1) is 5.03. The van der Waals surface area contributed by atoms with Crippen molar-refractivity contribution in [3.8, 4) is 0 Å².